The third-order valence-corrected chi connectivity index (χ3v) is 4.61. The summed E-state index contributed by atoms with van der Waals surface area (Å²) in [4.78, 5) is 19.4. The van der Waals surface area contributed by atoms with Crippen molar-refractivity contribution in [3.8, 4) is 5.75 Å². The molecule has 1 amide bonds. The third kappa shape index (κ3) is 3.51. The second kappa shape index (κ2) is 6.93. The fourth-order valence-electron chi connectivity index (χ4n) is 2.45. The average Bonchev–Trinajstić information content (AvgIpc) is 2.82. The van der Waals surface area contributed by atoms with Crippen LogP contribution in [0.2, 0.25) is 0 Å². The van der Waals surface area contributed by atoms with Crippen LogP contribution in [0.3, 0.4) is 0 Å². The van der Waals surface area contributed by atoms with Gasteiger partial charge < -0.3 is 5.11 Å². The van der Waals surface area contributed by atoms with E-state index >= 15 is 0 Å². The number of aliphatic imine (C=N–C) groups is 1. The number of rotatable bonds is 3. The lowest BCUT2D eigenvalue weighted by Gasteiger charge is -2.12. The molecule has 2 aromatic carbocycles. The summed E-state index contributed by atoms with van der Waals surface area (Å²) in [6.45, 7) is 4.50. The number of carbonyl (C=O) groups is 1. The van der Waals surface area contributed by atoms with Crippen LogP contribution in [-0.2, 0) is 4.79 Å². The van der Waals surface area contributed by atoms with Crippen molar-refractivity contribution in [3.63, 3.8) is 0 Å². The van der Waals surface area contributed by atoms with Gasteiger partial charge in [0.25, 0.3) is 5.91 Å². The largest absolute Gasteiger partial charge is 0.508 e. The highest BCUT2D eigenvalue weighted by molar-refractivity contribution is 8.18. The van der Waals surface area contributed by atoms with E-state index in [2.05, 4.69) is 4.99 Å². The number of hydrogen-bond acceptors (Lipinski definition) is 4. The van der Waals surface area contributed by atoms with Gasteiger partial charge in [-0.15, -0.1) is 0 Å². The van der Waals surface area contributed by atoms with Crippen molar-refractivity contribution < 1.29 is 9.90 Å². The van der Waals surface area contributed by atoms with Crippen LogP contribution in [0.25, 0.3) is 6.08 Å². The molecule has 1 saturated heterocycles. The lowest BCUT2D eigenvalue weighted by atomic mass is 10.1. The van der Waals surface area contributed by atoms with Gasteiger partial charge in [0.05, 0.1) is 10.6 Å². The van der Waals surface area contributed by atoms with Crippen LogP contribution in [-0.4, -0.2) is 27.6 Å². The molecule has 24 heavy (non-hydrogen) atoms. The van der Waals surface area contributed by atoms with Gasteiger partial charge in [-0.2, -0.15) is 0 Å². The molecule has 0 aromatic heterocycles. The number of aromatic hydroxyl groups is 1. The first-order chi connectivity index (χ1) is 11.6. The van der Waals surface area contributed by atoms with Gasteiger partial charge >= 0.3 is 0 Å². The highest BCUT2D eigenvalue weighted by Crippen LogP contribution is 2.34. The molecule has 1 heterocycles. The normalized spacial score (nSPS) is 17.9. The van der Waals surface area contributed by atoms with Crippen LogP contribution in [0, 0.1) is 6.92 Å². The molecule has 122 valence electrons. The first kappa shape index (κ1) is 16.3. The van der Waals surface area contributed by atoms with Crippen LogP contribution >= 0.6 is 11.8 Å². The number of aryl methyl sites for hydroxylation is 1. The van der Waals surface area contributed by atoms with Crippen LogP contribution in [0.15, 0.2) is 58.4 Å². The molecule has 4 nitrogen and oxygen atoms in total. The van der Waals surface area contributed by atoms with Crippen LogP contribution in [0.4, 0.5) is 5.69 Å². The summed E-state index contributed by atoms with van der Waals surface area (Å²) in [6.07, 6.45) is 1.90. The Morgan fingerprint density at radius 3 is 2.71 bits per heavy atom. The van der Waals surface area contributed by atoms with E-state index in [9.17, 15) is 9.90 Å². The Bertz CT molecular complexity index is 843. The fourth-order valence-corrected chi connectivity index (χ4v) is 3.52. The minimum absolute atomic E-state index is 0.0390. The van der Waals surface area contributed by atoms with Gasteiger partial charge in [0.15, 0.2) is 5.17 Å². The van der Waals surface area contributed by atoms with E-state index in [-0.39, 0.29) is 11.7 Å². The summed E-state index contributed by atoms with van der Waals surface area (Å²) in [5, 5.41) is 10.2. The van der Waals surface area contributed by atoms with Crippen molar-refractivity contribution in [2.45, 2.75) is 13.8 Å². The minimum atomic E-state index is -0.0390. The number of hydrogen-bond donors (Lipinski definition) is 1. The number of phenols is 1. The summed E-state index contributed by atoms with van der Waals surface area (Å²) < 4.78 is 0. The molecule has 1 aliphatic rings. The molecule has 1 fully saturated rings. The Labute approximate surface area is 145 Å². The second-order valence-electron chi connectivity index (χ2n) is 5.49. The third-order valence-electron chi connectivity index (χ3n) is 3.60. The summed E-state index contributed by atoms with van der Waals surface area (Å²) in [5.74, 6) is 0.118. The maximum absolute atomic E-state index is 12.6. The van der Waals surface area contributed by atoms with E-state index in [4.69, 9.17) is 0 Å². The van der Waals surface area contributed by atoms with Gasteiger partial charge in [-0.25, -0.2) is 4.99 Å². The lowest BCUT2D eigenvalue weighted by molar-refractivity contribution is -0.122. The molecule has 0 aliphatic carbocycles. The molecular weight excluding hydrogens is 320 g/mol. The van der Waals surface area contributed by atoms with Gasteiger partial charge in [0, 0.05) is 12.6 Å². The molecular formula is C19H18N2O2S. The van der Waals surface area contributed by atoms with E-state index in [0.717, 1.165) is 11.1 Å². The number of carbonyl (C=O) groups excluding carboxylic acids is 1. The summed E-state index contributed by atoms with van der Waals surface area (Å²) >= 11 is 1.36. The van der Waals surface area contributed by atoms with Crippen LogP contribution < -0.4 is 0 Å². The molecule has 5 heteroatoms. The highest BCUT2D eigenvalue weighted by atomic mass is 32.2. The molecule has 0 bridgehead atoms. The Hall–Kier alpha value is -2.53. The first-order valence-corrected chi connectivity index (χ1v) is 8.54. The van der Waals surface area contributed by atoms with Crippen molar-refractivity contribution in [1.29, 1.82) is 0 Å². The molecule has 1 N–H and O–H groups in total. The highest BCUT2D eigenvalue weighted by Gasteiger charge is 2.32. The number of thioether (sulfide) groups is 1. The maximum atomic E-state index is 12.6. The Morgan fingerprint density at radius 2 is 2.00 bits per heavy atom. The molecule has 2 aromatic rings. The van der Waals surface area contributed by atoms with Crippen LogP contribution in [0.5, 0.6) is 5.75 Å². The zero-order valence-electron chi connectivity index (χ0n) is 13.6. The SMILES string of the molecule is CCN1C(=O)/C(=C/c2cccc(C)c2)SC1=Nc1cccc(O)c1. The van der Waals surface area contributed by atoms with Crippen molar-refractivity contribution in [2.75, 3.05) is 6.54 Å². The van der Waals surface area contributed by atoms with Crippen molar-refractivity contribution in [1.82, 2.24) is 4.90 Å². The predicted octanol–water partition coefficient (Wildman–Crippen LogP) is 4.32. The molecule has 0 unspecified atom stereocenters. The quantitative estimate of drug-likeness (QED) is 0.848. The van der Waals surface area contributed by atoms with E-state index in [1.165, 1.54) is 11.8 Å². The number of nitrogens with zero attached hydrogens (tertiary/aromatic N) is 2. The van der Waals surface area contributed by atoms with Gasteiger partial charge in [-0.3, -0.25) is 9.69 Å². The maximum Gasteiger partial charge on any atom is 0.266 e. The molecule has 0 saturated carbocycles. The average molecular weight is 338 g/mol. The minimum Gasteiger partial charge on any atom is -0.508 e. The number of likely N-dealkylation sites (N-methyl/N-ethyl adjacent to an activating group) is 1. The van der Waals surface area contributed by atoms with Gasteiger partial charge in [-0.1, -0.05) is 35.9 Å². The van der Waals surface area contributed by atoms with E-state index in [1.807, 2.05) is 44.2 Å². The van der Waals surface area contributed by atoms with Gasteiger partial charge in [0.2, 0.25) is 0 Å². The lowest BCUT2D eigenvalue weighted by Crippen LogP contribution is -2.28. The zero-order valence-corrected chi connectivity index (χ0v) is 14.4. The Balaban J connectivity index is 1.94. The summed E-state index contributed by atoms with van der Waals surface area (Å²) in [5.41, 5.74) is 2.78. The van der Waals surface area contributed by atoms with E-state index in [1.54, 1.807) is 29.2 Å². The molecule has 0 radical (unpaired) electrons. The second-order valence-corrected chi connectivity index (χ2v) is 6.50. The molecule has 0 atom stereocenters. The predicted molar refractivity (Wildman–Crippen MR) is 99.3 cm³/mol. The first-order valence-electron chi connectivity index (χ1n) is 7.72. The zero-order chi connectivity index (χ0) is 17.1. The van der Waals surface area contributed by atoms with Crippen molar-refractivity contribution >= 4 is 34.6 Å². The number of benzene rings is 2. The van der Waals surface area contributed by atoms with Gasteiger partial charge in [-0.05, 0) is 49.4 Å². The number of amidine groups is 1. The Morgan fingerprint density at radius 1 is 1.21 bits per heavy atom. The monoisotopic (exact) mass is 338 g/mol. The molecule has 0 spiro atoms. The fraction of sp³-hybridized carbons (Fsp3) is 0.158. The van der Waals surface area contributed by atoms with Crippen molar-refractivity contribution in [2.24, 2.45) is 4.99 Å². The smallest absolute Gasteiger partial charge is 0.266 e. The topological polar surface area (TPSA) is 52.9 Å². The van der Waals surface area contributed by atoms with E-state index < -0.39 is 0 Å². The van der Waals surface area contributed by atoms with Crippen molar-refractivity contribution in [3.05, 3.63) is 64.6 Å². The van der Waals surface area contributed by atoms with Gasteiger partial charge in [0.1, 0.15) is 5.75 Å². The standard InChI is InChI=1S/C19H18N2O2S/c1-3-21-18(23)17(11-14-7-4-6-13(2)10-14)24-19(21)20-15-8-5-9-16(22)12-15/h4-12,22H,3H2,1-2H3/b17-11-,20-19?. The number of amides is 1. The summed E-state index contributed by atoms with van der Waals surface area (Å²) in [7, 11) is 0. The molecule has 1 aliphatic heterocycles. The molecule has 3 rings (SSSR count). The number of phenolic OH excluding ortho intramolecular Hbond substituents is 1. The summed E-state index contributed by atoms with van der Waals surface area (Å²) in [6, 6.07) is 14.7. The van der Waals surface area contributed by atoms with Crippen LogP contribution in [0.1, 0.15) is 18.1 Å². The Kier molecular flexibility index (Phi) is 4.71. The van der Waals surface area contributed by atoms with E-state index in [0.29, 0.717) is 22.3 Å².